The smallest absolute Gasteiger partial charge is 0.119 e. The van der Waals surface area contributed by atoms with Gasteiger partial charge >= 0.3 is 0 Å². The highest BCUT2D eigenvalue weighted by Gasteiger charge is 2.45. The molecular formula is C21H31NO. The van der Waals surface area contributed by atoms with Crippen LogP contribution >= 0.6 is 0 Å². The normalized spacial score (nSPS) is 33.5. The summed E-state index contributed by atoms with van der Waals surface area (Å²) in [5.74, 6) is 2.78. The second-order valence-electron chi connectivity index (χ2n) is 8.33. The van der Waals surface area contributed by atoms with Gasteiger partial charge in [0.2, 0.25) is 0 Å². The molecule has 0 spiro atoms. The molecule has 1 aromatic carbocycles. The summed E-state index contributed by atoms with van der Waals surface area (Å²) < 4.78 is 5.54. The first-order chi connectivity index (χ1) is 11.2. The lowest BCUT2D eigenvalue weighted by molar-refractivity contribution is 0.165. The Kier molecular flexibility index (Phi) is 4.13. The van der Waals surface area contributed by atoms with Gasteiger partial charge in [0.15, 0.2) is 0 Å². The molecule has 0 unspecified atom stereocenters. The predicted octanol–water partition coefficient (Wildman–Crippen LogP) is 4.46. The van der Waals surface area contributed by atoms with Crippen LogP contribution in [0.3, 0.4) is 0 Å². The van der Waals surface area contributed by atoms with Gasteiger partial charge in [-0.05, 0) is 73.7 Å². The third-order valence-corrected chi connectivity index (χ3v) is 6.67. The molecule has 1 N–H and O–H groups in total. The Bertz CT molecular complexity index is 565. The summed E-state index contributed by atoms with van der Waals surface area (Å²) in [6.45, 7) is 3.75. The van der Waals surface area contributed by atoms with Crippen LogP contribution in [0.25, 0.3) is 0 Å². The van der Waals surface area contributed by atoms with E-state index in [1.165, 1.54) is 57.9 Å². The fourth-order valence-corrected chi connectivity index (χ4v) is 5.12. The van der Waals surface area contributed by atoms with Crippen molar-refractivity contribution < 1.29 is 4.74 Å². The van der Waals surface area contributed by atoms with Crippen LogP contribution in [0.1, 0.15) is 63.0 Å². The quantitative estimate of drug-likeness (QED) is 0.886. The zero-order valence-electron chi connectivity index (χ0n) is 14.7. The van der Waals surface area contributed by atoms with E-state index in [2.05, 4.69) is 30.4 Å². The molecule has 2 heteroatoms. The van der Waals surface area contributed by atoms with E-state index in [1.54, 1.807) is 18.2 Å². The van der Waals surface area contributed by atoms with Crippen molar-refractivity contribution in [1.82, 2.24) is 5.32 Å². The molecule has 0 heterocycles. The van der Waals surface area contributed by atoms with E-state index in [0.717, 1.165) is 17.6 Å². The van der Waals surface area contributed by atoms with Gasteiger partial charge in [-0.25, -0.2) is 0 Å². The first-order valence-corrected chi connectivity index (χ1v) is 9.61. The van der Waals surface area contributed by atoms with Gasteiger partial charge in [0, 0.05) is 11.5 Å². The number of fused-ring (bicyclic) bond motifs is 4. The number of hydrogen-bond acceptors (Lipinski definition) is 2. The highest BCUT2D eigenvalue weighted by Crippen LogP contribution is 2.47. The molecule has 3 aliphatic carbocycles. The fourth-order valence-electron chi connectivity index (χ4n) is 5.12. The molecule has 3 atom stereocenters. The second-order valence-corrected chi connectivity index (χ2v) is 8.33. The molecule has 2 saturated carbocycles. The van der Waals surface area contributed by atoms with Crippen molar-refractivity contribution in [3.05, 3.63) is 29.3 Å². The molecule has 2 bridgehead atoms. The summed E-state index contributed by atoms with van der Waals surface area (Å²) in [4.78, 5) is 0. The molecule has 2 fully saturated rings. The third-order valence-electron chi connectivity index (χ3n) is 6.67. The van der Waals surface area contributed by atoms with E-state index < -0.39 is 0 Å². The summed E-state index contributed by atoms with van der Waals surface area (Å²) in [6.07, 6.45) is 11.0. The summed E-state index contributed by atoms with van der Waals surface area (Å²) in [5, 5.41) is 4.03. The minimum Gasteiger partial charge on any atom is -0.497 e. The zero-order chi connectivity index (χ0) is 15.9. The molecule has 0 aromatic heterocycles. The van der Waals surface area contributed by atoms with E-state index in [4.69, 9.17) is 4.74 Å². The van der Waals surface area contributed by atoms with Crippen molar-refractivity contribution >= 4 is 0 Å². The molecule has 0 saturated heterocycles. The highest BCUT2D eigenvalue weighted by atomic mass is 16.5. The molecule has 2 nitrogen and oxygen atoms in total. The number of rotatable bonds is 4. The molecule has 3 aliphatic rings. The fraction of sp³-hybridized carbons (Fsp3) is 0.714. The molecule has 1 aromatic rings. The number of nitrogens with one attached hydrogen (secondary N) is 1. The molecule has 0 radical (unpaired) electrons. The van der Waals surface area contributed by atoms with E-state index >= 15 is 0 Å². The maximum absolute atomic E-state index is 5.54. The number of benzene rings is 1. The van der Waals surface area contributed by atoms with Crippen LogP contribution in [0, 0.1) is 11.8 Å². The Hall–Kier alpha value is -1.02. The number of methoxy groups -OCH3 is 1. The average Bonchev–Trinajstić information content (AvgIpc) is 3.37. The Labute approximate surface area is 141 Å². The Morgan fingerprint density at radius 3 is 2.83 bits per heavy atom. The van der Waals surface area contributed by atoms with Crippen molar-refractivity contribution in [3.63, 3.8) is 0 Å². The summed E-state index contributed by atoms with van der Waals surface area (Å²) in [5.41, 5.74) is 3.40. The van der Waals surface area contributed by atoms with E-state index in [-0.39, 0.29) is 5.41 Å². The van der Waals surface area contributed by atoms with Crippen LogP contribution < -0.4 is 10.1 Å². The third kappa shape index (κ3) is 2.91. The van der Waals surface area contributed by atoms with Crippen molar-refractivity contribution in [2.45, 2.75) is 69.7 Å². The van der Waals surface area contributed by atoms with Gasteiger partial charge in [0.25, 0.3) is 0 Å². The molecule has 0 amide bonds. The van der Waals surface area contributed by atoms with Gasteiger partial charge in [0.1, 0.15) is 5.75 Å². The van der Waals surface area contributed by atoms with Crippen LogP contribution in [0.2, 0.25) is 0 Å². The summed E-state index contributed by atoms with van der Waals surface area (Å²) in [7, 11) is 1.79. The van der Waals surface area contributed by atoms with Gasteiger partial charge in [-0.3, -0.25) is 0 Å². The Morgan fingerprint density at radius 2 is 2.04 bits per heavy atom. The topological polar surface area (TPSA) is 21.3 Å². The SMILES string of the molecule is COc1ccc2c(c1)[C@@]1(C)CCCCC[C@@H](C2)[C@@H]1NCC1CC1. The molecule has 4 rings (SSSR count). The van der Waals surface area contributed by atoms with E-state index in [9.17, 15) is 0 Å². The molecule has 0 aliphatic heterocycles. The van der Waals surface area contributed by atoms with E-state index in [1.807, 2.05) is 0 Å². The average molecular weight is 313 g/mol. The first kappa shape index (κ1) is 15.5. The van der Waals surface area contributed by atoms with Crippen molar-refractivity contribution in [2.24, 2.45) is 11.8 Å². The maximum Gasteiger partial charge on any atom is 0.119 e. The van der Waals surface area contributed by atoms with E-state index in [0.29, 0.717) is 6.04 Å². The monoisotopic (exact) mass is 313 g/mol. The Balaban J connectivity index is 1.71. The van der Waals surface area contributed by atoms with Crippen molar-refractivity contribution in [1.29, 1.82) is 0 Å². The second kappa shape index (κ2) is 6.12. The largest absolute Gasteiger partial charge is 0.497 e. The van der Waals surface area contributed by atoms with Gasteiger partial charge in [0.05, 0.1) is 7.11 Å². The lowest BCUT2D eigenvalue weighted by atomic mass is 9.59. The highest BCUT2D eigenvalue weighted by molar-refractivity contribution is 5.44. The Morgan fingerprint density at radius 1 is 1.17 bits per heavy atom. The van der Waals surface area contributed by atoms with Crippen LogP contribution in [0.4, 0.5) is 0 Å². The van der Waals surface area contributed by atoms with Crippen molar-refractivity contribution in [2.75, 3.05) is 13.7 Å². The van der Waals surface area contributed by atoms with Crippen LogP contribution in [-0.4, -0.2) is 19.7 Å². The van der Waals surface area contributed by atoms with Crippen LogP contribution in [0.5, 0.6) is 5.75 Å². The van der Waals surface area contributed by atoms with Gasteiger partial charge in [-0.1, -0.05) is 32.3 Å². The minimum atomic E-state index is 0.266. The number of ether oxygens (including phenoxy) is 1. The van der Waals surface area contributed by atoms with Crippen LogP contribution in [-0.2, 0) is 11.8 Å². The molecular weight excluding hydrogens is 282 g/mol. The molecule has 23 heavy (non-hydrogen) atoms. The lowest BCUT2D eigenvalue weighted by Gasteiger charge is -2.49. The summed E-state index contributed by atoms with van der Waals surface area (Å²) in [6, 6.07) is 7.46. The van der Waals surface area contributed by atoms with Gasteiger partial charge in [-0.2, -0.15) is 0 Å². The maximum atomic E-state index is 5.54. The lowest BCUT2D eigenvalue weighted by Crippen LogP contribution is -2.55. The predicted molar refractivity (Wildman–Crippen MR) is 95.1 cm³/mol. The summed E-state index contributed by atoms with van der Waals surface area (Å²) >= 11 is 0. The van der Waals surface area contributed by atoms with Crippen molar-refractivity contribution in [3.8, 4) is 5.75 Å². The first-order valence-electron chi connectivity index (χ1n) is 9.61. The van der Waals surface area contributed by atoms with Gasteiger partial charge < -0.3 is 10.1 Å². The van der Waals surface area contributed by atoms with Crippen LogP contribution in [0.15, 0.2) is 18.2 Å². The minimum absolute atomic E-state index is 0.266. The number of hydrogen-bond donors (Lipinski definition) is 1. The van der Waals surface area contributed by atoms with Gasteiger partial charge in [-0.15, -0.1) is 0 Å². The zero-order valence-corrected chi connectivity index (χ0v) is 14.7. The standard InChI is InChI=1S/C21H31NO/c1-21-11-5-3-4-6-17(20(21)22-14-15-7-8-15)12-16-9-10-18(23-2)13-19(16)21/h9-10,13,15,17,20,22H,3-8,11-12,14H2,1-2H3/t17-,20-,21+/m0/s1. The molecule has 126 valence electrons.